The summed E-state index contributed by atoms with van der Waals surface area (Å²) in [6, 6.07) is 10.8. The lowest BCUT2D eigenvalue weighted by atomic mass is 9.84. The summed E-state index contributed by atoms with van der Waals surface area (Å²) in [5.74, 6) is 0. The van der Waals surface area contributed by atoms with E-state index in [4.69, 9.17) is 5.73 Å². The molecule has 4 heteroatoms. The summed E-state index contributed by atoms with van der Waals surface area (Å²) in [5, 5.41) is 0. The van der Waals surface area contributed by atoms with E-state index in [0.29, 0.717) is 0 Å². The van der Waals surface area contributed by atoms with Gasteiger partial charge in [0, 0.05) is 25.7 Å². The fourth-order valence-electron chi connectivity index (χ4n) is 3.98. The van der Waals surface area contributed by atoms with Crippen LogP contribution in [0, 0.1) is 5.41 Å². The molecule has 0 bridgehead atoms. The second-order valence-electron chi connectivity index (χ2n) is 7.88. The smallest absolute Gasteiger partial charge is 0.320 e. The summed E-state index contributed by atoms with van der Waals surface area (Å²) >= 11 is 0. The van der Waals surface area contributed by atoms with Gasteiger partial charge in [-0.15, -0.1) is 0 Å². The molecule has 0 unspecified atom stereocenters. The molecule has 2 atom stereocenters. The van der Waals surface area contributed by atoms with Gasteiger partial charge in [-0.3, -0.25) is 0 Å². The second kappa shape index (κ2) is 6.52. The van der Waals surface area contributed by atoms with Crippen LogP contribution in [0.5, 0.6) is 0 Å². The van der Waals surface area contributed by atoms with Gasteiger partial charge in [0.1, 0.15) is 0 Å². The maximum atomic E-state index is 13.1. The van der Waals surface area contributed by atoms with Crippen LogP contribution in [0.1, 0.15) is 51.1 Å². The van der Waals surface area contributed by atoms with Crippen molar-refractivity contribution in [3.05, 3.63) is 35.9 Å². The van der Waals surface area contributed by atoms with E-state index in [0.717, 1.165) is 38.9 Å². The topological polar surface area (TPSA) is 49.6 Å². The average Bonchev–Trinajstić information content (AvgIpc) is 2.54. The SMILES string of the molecule is CC1(C)CCCN(C(=O)N2CC[C@@H](N)C[C@H]2c2ccccc2)C1. The van der Waals surface area contributed by atoms with E-state index in [1.54, 1.807) is 0 Å². The van der Waals surface area contributed by atoms with E-state index < -0.39 is 0 Å². The number of carbonyl (C=O) groups is 1. The van der Waals surface area contributed by atoms with E-state index in [1.807, 2.05) is 18.2 Å². The fraction of sp³-hybridized carbons (Fsp3) is 0.632. The van der Waals surface area contributed by atoms with Gasteiger partial charge >= 0.3 is 6.03 Å². The Bertz CT molecular complexity index is 543. The number of carbonyl (C=O) groups excluding carboxylic acids is 1. The summed E-state index contributed by atoms with van der Waals surface area (Å²) < 4.78 is 0. The third kappa shape index (κ3) is 3.69. The average molecular weight is 315 g/mol. The molecule has 3 rings (SSSR count). The number of piperidine rings is 2. The predicted octanol–water partition coefficient (Wildman–Crippen LogP) is 3.39. The summed E-state index contributed by atoms with van der Waals surface area (Å²) in [6.45, 7) is 7.01. The molecule has 0 spiro atoms. The highest BCUT2D eigenvalue weighted by Crippen LogP contribution is 2.34. The molecule has 2 aliphatic rings. The highest BCUT2D eigenvalue weighted by Gasteiger charge is 2.36. The van der Waals surface area contributed by atoms with Crippen molar-refractivity contribution in [2.75, 3.05) is 19.6 Å². The molecule has 2 amide bonds. The van der Waals surface area contributed by atoms with Crippen molar-refractivity contribution in [3.63, 3.8) is 0 Å². The number of rotatable bonds is 1. The molecule has 2 aliphatic heterocycles. The van der Waals surface area contributed by atoms with E-state index in [2.05, 4.69) is 35.8 Å². The van der Waals surface area contributed by atoms with Crippen molar-refractivity contribution in [3.8, 4) is 0 Å². The van der Waals surface area contributed by atoms with Crippen LogP contribution in [0.2, 0.25) is 0 Å². The summed E-state index contributed by atoms with van der Waals surface area (Å²) in [5.41, 5.74) is 7.62. The number of likely N-dealkylation sites (tertiary alicyclic amines) is 2. The first-order valence-electron chi connectivity index (χ1n) is 8.82. The second-order valence-corrected chi connectivity index (χ2v) is 7.88. The monoisotopic (exact) mass is 315 g/mol. The van der Waals surface area contributed by atoms with Gasteiger partial charge in [0.25, 0.3) is 0 Å². The van der Waals surface area contributed by atoms with Crippen molar-refractivity contribution in [1.29, 1.82) is 0 Å². The molecule has 1 aromatic rings. The lowest BCUT2D eigenvalue weighted by Gasteiger charge is -2.45. The molecule has 126 valence electrons. The van der Waals surface area contributed by atoms with Crippen LogP contribution >= 0.6 is 0 Å². The van der Waals surface area contributed by atoms with Crippen molar-refractivity contribution in [2.45, 2.75) is 51.6 Å². The number of hydrogen-bond donors (Lipinski definition) is 1. The minimum absolute atomic E-state index is 0.109. The van der Waals surface area contributed by atoms with Crippen molar-refractivity contribution in [2.24, 2.45) is 11.1 Å². The molecule has 2 N–H and O–H groups in total. The van der Waals surface area contributed by atoms with Crippen LogP contribution in [-0.2, 0) is 0 Å². The minimum atomic E-state index is 0.109. The van der Waals surface area contributed by atoms with E-state index in [1.165, 1.54) is 12.0 Å². The zero-order chi connectivity index (χ0) is 16.4. The van der Waals surface area contributed by atoms with Crippen molar-refractivity contribution in [1.82, 2.24) is 9.80 Å². The summed E-state index contributed by atoms with van der Waals surface area (Å²) in [6.07, 6.45) is 4.05. The van der Waals surface area contributed by atoms with Gasteiger partial charge in [0.15, 0.2) is 0 Å². The van der Waals surface area contributed by atoms with E-state index in [-0.39, 0.29) is 23.5 Å². The number of benzene rings is 1. The maximum Gasteiger partial charge on any atom is 0.320 e. The lowest BCUT2D eigenvalue weighted by molar-refractivity contribution is 0.0773. The van der Waals surface area contributed by atoms with Gasteiger partial charge in [-0.2, -0.15) is 0 Å². The highest BCUT2D eigenvalue weighted by molar-refractivity contribution is 5.75. The van der Waals surface area contributed by atoms with Crippen molar-refractivity contribution >= 4 is 6.03 Å². The molecule has 23 heavy (non-hydrogen) atoms. The molecule has 0 saturated carbocycles. The molecule has 2 fully saturated rings. The van der Waals surface area contributed by atoms with E-state index in [9.17, 15) is 4.79 Å². The van der Waals surface area contributed by atoms with Crippen LogP contribution in [0.4, 0.5) is 4.79 Å². The fourth-order valence-corrected chi connectivity index (χ4v) is 3.98. The third-order valence-corrected chi connectivity index (χ3v) is 5.24. The Morgan fingerprint density at radius 2 is 1.96 bits per heavy atom. The Kier molecular flexibility index (Phi) is 4.62. The Morgan fingerprint density at radius 3 is 2.65 bits per heavy atom. The van der Waals surface area contributed by atoms with E-state index >= 15 is 0 Å². The zero-order valence-electron chi connectivity index (χ0n) is 14.4. The predicted molar refractivity (Wildman–Crippen MR) is 93.1 cm³/mol. The van der Waals surface area contributed by atoms with Gasteiger partial charge in [-0.05, 0) is 36.7 Å². The first-order valence-corrected chi connectivity index (χ1v) is 8.82. The minimum Gasteiger partial charge on any atom is -0.328 e. The first-order chi connectivity index (χ1) is 11.0. The number of urea groups is 1. The van der Waals surface area contributed by atoms with Crippen LogP contribution < -0.4 is 5.73 Å². The molecule has 0 aliphatic carbocycles. The Balaban J connectivity index is 1.79. The largest absolute Gasteiger partial charge is 0.328 e. The number of nitrogens with two attached hydrogens (primary N) is 1. The summed E-state index contributed by atoms with van der Waals surface area (Å²) in [4.78, 5) is 17.2. The van der Waals surface area contributed by atoms with Gasteiger partial charge in [-0.25, -0.2) is 4.79 Å². The van der Waals surface area contributed by atoms with Gasteiger partial charge in [0.05, 0.1) is 6.04 Å². The van der Waals surface area contributed by atoms with Gasteiger partial charge in [-0.1, -0.05) is 44.2 Å². The molecule has 4 nitrogen and oxygen atoms in total. The molecular formula is C19H29N3O. The van der Waals surface area contributed by atoms with Crippen LogP contribution in [0.15, 0.2) is 30.3 Å². The van der Waals surface area contributed by atoms with Gasteiger partial charge in [0.2, 0.25) is 0 Å². The quantitative estimate of drug-likeness (QED) is 0.863. The highest BCUT2D eigenvalue weighted by atomic mass is 16.2. The van der Waals surface area contributed by atoms with Gasteiger partial charge < -0.3 is 15.5 Å². The zero-order valence-corrected chi connectivity index (χ0v) is 14.4. The van der Waals surface area contributed by atoms with Crippen molar-refractivity contribution < 1.29 is 4.79 Å². The van der Waals surface area contributed by atoms with Crippen LogP contribution in [0.25, 0.3) is 0 Å². The molecule has 0 radical (unpaired) electrons. The van der Waals surface area contributed by atoms with Crippen LogP contribution in [-0.4, -0.2) is 41.5 Å². The number of hydrogen-bond acceptors (Lipinski definition) is 2. The Morgan fingerprint density at radius 1 is 1.22 bits per heavy atom. The standard InChI is InChI=1S/C19H29N3O/c1-19(2)10-6-11-21(14-19)18(23)22-12-9-16(20)13-17(22)15-7-4-3-5-8-15/h3-5,7-8,16-17H,6,9-14,20H2,1-2H3/t16-,17+/m1/s1. The molecule has 2 heterocycles. The Hall–Kier alpha value is -1.55. The molecule has 1 aromatic carbocycles. The normalized spacial score (nSPS) is 27.8. The lowest BCUT2D eigenvalue weighted by Crippen LogP contribution is -2.53. The Labute approximate surface area is 139 Å². The van der Waals surface area contributed by atoms with Crippen LogP contribution in [0.3, 0.4) is 0 Å². The number of amides is 2. The molecular weight excluding hydrogens is 286 g/mol. The third-order valence-electron chi connectivity index (χ3n) is 5.24. The number of nitrogens with zero attached hydrogens (tertiary/aromatic N) is 2. The maximum absolute atomic E-state index is 13.1. The molecule has 2 saturated heterocycles. The first kappa shape index (κ1) is 16.3. The molecule has 0 aromatic heterocycles. The summed E-state index contributed by atoms with van der Waals surface area (Å²) in [7, 11) is 0.